The molecule has 0 aliphatic heterocycles. The highest BCUT2D eigenvalue weighted by Gasteiger charge is 2.31. The van der Waals surface area contributed by atoms with Crippen molar-refractivity contribution in [3.8, 4) is 11.5 Å². The van der Waals surface area contributed by atoms with E-state index < -0.39 is 6.04 Å². The first-order chi connectivity index (χ1) is 17.0. The smallest absolute Gasteiger partial charge is 0.261 e. The van der Waals surface area contributed by atoms with Gasteiger partial charge < -0.3 is 19.7 Å². The van der Waals surface area contributed by atoms with Gasteiger partial charge in [0.25, 0.3) is 5.91 Å². The van der Waals surface area contributed by atoms with Crippen LogP contribution >= 0.6 is 0 Å². The molecule has 6 heteroatoms. The van der Waals surface area contributed by atoms with Crippen molar-refractivity contribution in [2.75, 3.05) is 13.7 Å². The topological polar surface area (TPSA) is 67.9 Å². The normalized spacial score (nSPS) is 12.3. The Morgan fingerprint density at radius 1 is 0.857 bits per heavy atom. The molecule has 0 saturated heterocycles. The number of hydrogen-bond donors (Lipinski definition) is 1. The summed E-state index contributed by atoms with van der Waals surface area (Å²) in [5.74, 6) is 0.836. The molecule has 0 unspecified atom stereocenters. The van der Waals surface area contributed by atoms with E-state index >= 15 is 0 Å². The number of benzene rings is 3. The van der Waals surface area contributed by atoms with Gasteiger partial charge in [-0.3, -0.25) is 9.59 Å². The lowest BCUT2D eigenvalue weighted by atomic mass is 10.0. The predicted octanol–water partition coefficient (Wildman–Crippen LogP) is 4.63. The van der Waals surface area contributed by atoms with Crippen molar-refractivity contribution in [2.24, 2.45) is 0 Å². The van der Waals surface area contributed by atoms with Gasteiger partial charge in [-0.05, 0) is 48.7 Å². The Bertz CT molecular complexity index is 1060. The molecule has 0 heterocycles. The van der Waals surface area contributed by atoms with Crippen molar-refractivity contribution in [2.45, 2.75) is 45.3 Å². The number of carbonyl (C=O) groups excluding carboxylic acids is 2. The molecular weight excluding hydrogens is 440 g/mol. The van der Waals surface area contributed by atoms with Crippen LogP contribution in [0.15, 0.2) is 84.9 Å². The van der Waals surface area contributed by atoms with Gasteiger partial charge >= 0.3 is 0 Å². The molecule has 0 aliphatic carbocycles. The summed E-state index contributed by atoms with van der Waals surface area (Å²) in [7, 11) is 1.60. The maximum atomic E-state index is 13.5. The average Bonchev–Trinajstić information content (AvgIpc) is 2.90. The lowest BCUT2D eigenvalue weighted by Gasteiger charge is -2.32. The van der Waals surface area contributed by atoms with E-state index in [1.165, 1.54) is 0 Å². The zero-order valence-corrected chi connectivity index (χ0v) is 20.6. The van der Waals surface area contributed by atoms with E-state index in [0.717, 1.165) is 17.5 Å². The number of rotatable bonds is 12. The Hall–Kier alpha value is -3.80. The summed E-state index contributed by atoms with van der Waals surface area (Å²) in [5, 5.41) is 3.07. The van der Waals surface area contributed by atoms with Crippen molar-refractivity contribution in [3.63, 3.8) is 0 Å². The number of nitrogens with one attached hydrogen (secondary N) is 1. The molecule has 3 aromatic rings. The fourth-order valence-electron chi connectivity index (χ4n) is 3.68. The third-order valence-electron chi connectivity index (χ3n) is 5.89. The van der Waals surface area contributed by atoms with Crippen LogP contribution in [0.2, 0.25) is 0 Å². The maximum Gasteiger partial charge on any atom is 0.261 e. The van der Waals surface area contributed by atoms with E-state index in [-0.39, 0.29) is 24.5 Å². The van der Waals surface area contributed by atoms with E-state index in [1.807, 2.05) is 74.5 Å². The van der Waals surface area contributed by atoms with Gasteiger partial charge in [0.15, 0.2) is 6.61 Å². The first-order valence-electron chi connectivity index (χ1n) is 11.9. The second-order valence-electron chi connectivity index (χ2n) is 8.49. The van der Waals surface area contributed by atoms with Crippen molar-refractivity contribution in [3.05, 3.63) is 96.1 Å². The van der Waals surface area contributed by atoms with E-state index in [9.17, 15) is 9.59 Å². The maximum absolute atomic E-state index is 13.5. The third kappa shape index (κ3) is 7.88. The van der Waals surface area contributed by atoms with Crippen LogP contribution in [0.25, 0.3) is 0 Å². The highest BCUT2D eigenvalue weighted by molar-refractivity contribution is 5.88. The molecule has 35 heavy (non-hydrogen) atoms. The van der Waals surface area contributed by atoms with Gasteiger partial charge in [-0.15, -0.1) is 0 Å². The minimum atomic E-state index is -0.682. The average molecular weight is 475 g/mol. The lowest BCUT2D eigenvalue weighted by Crippen LogP contribution is -2.53. The van der Waals surface area contributed by atoms with Gasteiger partial charge in [0.1, 0.15) is 17.5 Å². The first-order valence-corrected chi connectivity index (χ1v) is 11.9. The summed E-state index contributed by atoms with van der Waals surface area (Å²) in [6, 6.07) is 25.8. The second kappa shape index (κ2) is 13.2. The lowest BCUT2D eigenvalue weighted by molar-refractivity contribution is -0.143. The molecule has 0 fully saturated rings. The van der Waals surface area contributed by atoms with E-state index in [2.05, 4.69) is 5.32 Å². The van der Waals surface area contributed by atoms with Crippen LogP contribution in [0.5, 0.6) is 11.5 Å². The molecule has 1 N–H and O–H groups in total. The van der Waals surface area contributed by atoms with Crippen LogP contribution in [0.4, 0.5) is 0 Å². The van der Waals surface area contributed by atoms with E-state index in [1.54, 1.807) is 36.3 Å². The summed E-state index contributed by atoms with van der Waals surface area (Å²) in [6.07, 6.45) is 1.21. The summed E-state index contributed by atoms with van der Waals surface area (Å²) >= 11 is 0. The Labute approximate surface area is 207 Å². The third-order valence-corrected chi connectivity index (χ3v) is 5.89. The SMILES string of the molecule is CC[C@@H](C)NC(=O)[C@@H](Cc1ccccc1)N(Cc1ccccc1)C(=O)COc1ccc(OC)cc1. The van der Waals surface area contributed by atoms with Crippen molar-refractivity contribution in [1.82, 2.24) is 10.2 Å². The first kappa shape index (κ1) is 25.8. The molecular formula is C29H34N2O4. The van der Waals surface area contributed by atoms with Crippen LogP contribution in [-0.4, -0.2) is 42.5 Å². The molecule has 0 spiro atoms. The summed E-state index contributed by atoms with van der Waals surface area (Å²) in [6.45, 7) is 4.11. The summed E-state index contributed by atoms with van der Waals surface area (Å²) in [4.78, 5) is 28.6. The van der Waals surface area contributed by atoms with Gasteiger partial charge in [-0.25, -0.2) is 0 Å². The minimum Gasteiger partial charge on any atom is -0.497 e. The van der Waals surface area contributed by atoms with Crippen molar-refractivity contribution < 1.29 is 19.1 Å². The van der Waals surface area contributed by atoms with Gasteiger partial charge in [0.05, 0.1) is 7.11 Å². The van der Waals surface area contributed by atoms with Crippen molar-refractivity contribution >= 4 is 11.8 Å². The number of nitrogens with zero attached hydrogens (tertiary/aromatic N) is 1. The summed E-state index contributed by atoms with van der Waals surface area (Å²) < 4.78 is 11.0. The molecule has 0 bridgehead atoms. The van der Waals surface area contributed by atoms with Gasteiger partial charge in [-0.2, -0.15) is 0 Å². The van der Waals surface area contributed by atoms with Crippen LogP contribution in [0.1, 0.15) is 31.4 Å². The number of carbonyl (C=O) groups is 2. The zero-order chi connectivity index (χ0) is 25.0. The standard InChI is InChI=1S/C29H34N2O4/c1-4-22(2)30-29(33)27(19-23-11-7-5-8-12-23)31(20-24-13-9-6-10-14-24)28(32)21-35-26-17-15-25(34-3)16-18-26/h5-18,22,27H,4,19-21H2,1-3H3,(H,30,33)/t22-,27-/m1/s1. The zero-order valence-electron chi connectivity index (χ0n) is 20.6. The van der Waals surface area contributed by atoms with Crippen molar-refractivity contribution in [1.29, 1.82) is 0 Å². The van der Waals surface area contributed by atoms with Gasteiger partial charge in [0, 0.05) is 19.0 Å². The second-order valence-corrected chi connectivity index (χ2v) is 8.49. The van der Waals surface area contributed by atoms with E-state index in [0.29, 0.717) is 24.5 Å². The highest BCUT2D eigenvalue weighted by atomic mass is 16.5. The largest absolute Gasteiger partial charge is 0.497 e. The number of hydrogen-bond acceptors (Lipinski definition) is 4. The Kier molecular flexibility index (Phi) is 9.72. The molecule has 0 radical (unpaired) electrons. The van der Waals surface area contributed by atoms with Gasteiger partial charge in [0.2, 0.25) is 5.91 Å². The Morgan fingerprint density at radius 3 is 2.00 bits per heavy atom. The minimum absolute atomic E-state index is 0.00463. The van der Waals surface area contributed by atoms with E-state index in [4.69, 9.17) is 9.47 Å². The molecule has 0 aromatic heterocycles. The molecule has 6 nitrogen and oxygen atoms in total. The predicted molar refractivity (Wildman–Crippen MR) is 137 cm³/mol. The molecule has 184 valence electrons. The number of methoxy groups -OCH3 is 1. The fourth-order valence-corrected chi connectivity index (χ4v) is 3.68. The van der Waals surface area contributed by atoms with Crippen LogP contribution in [0, 0.1) is 0 Å². The Morgan fingerprint density at radius 2 is 1.43 bits per heavy atom. The van der Waals surface area contributed by atoms with Crippen LogP contribution in [-0.2, 0) is 22.6 Å². The highest BCUT2D eigenvalue weighted by Crippen LogP contribution is 2.19. The molecule has 0 saturated carbocycles. The molecule has 3 rings (SSSR count). The monoisotopic (exact) mass is 474 g/mol. The molecule has 0 aliphatic rings. The molecule has 2 atom stereocenters. The Balaban J connectivity index is 1.86. The molecule has 2 amide bonds. The quantitative estimate of drug-likeness (QED) is 0.416. The van der Waals surface area contributed by atoms with Crippen LogP contribution < -0.4 is 14.8 Å². The molecule has 3 aromatic carbocycles. The summed E-state index contributed by atoms with van der Waals surface area (Å²) in [5.41, 5.74) is 1.93. The van der Waals surface area contributed by atoms with Crippen LogP contribution in [0.3, 0.4) is 0 Å². The number of amides is 2. The number of ether oxygens (including phenoxy) is 2. The fraction of sp³-hybridized carbons (Fsp3) is 0.310. The van der Waals surface area contributed by atoms with Gasteiger partial charge in [-0.1, -0.05) is 67.6 Å².